The summed E-state index contributed by atoms with van der Waals surface area (Å²) in [5, 5.41) is 11.0. The average molecular weight is 362 g/mol. The van der Waals surface area contributed by atoms with Crippen molar-refractivity contribution in [3.8, 4) is 10.8 Å². The van der Waals surface area contributed by atoms with Crippen molar-refractivity contribution in [2.24, 2.45) is 5.92 Å². The van der Waals surface area contributed by atoms with Crippen molar-refractivity contribution < 1.29 is 14.0 Å². The van der Waals surface area contributed by atoms with E-state index in [0.29, 0.717) is 44.1 Å². The number of piperidine rings is 1. The van der Waals surface area contributed by atoms with Crippen LogP contribution < -0.4 is 5.32 Å². The minimum atomic E-state index is -0.0616. The largest absolute Gasteiger partial charge is 0.420 e. The molecule has 1 aliphatic heterocycles. The number of hydrogen-bond donors (Lipinski definition) is 1. The highest BCUT2D eigenvalue weighted by Gasteiger charge is 2.26. The number of likely N-dealkylation sites (tertiary alicyclic amines) is 1. The molecule has 0 saturated carbocycles. The zero-order chi connectivity index (χ0) is 18.0. The first-order valence-electron chi connectivity index (χ1n) is 8.47. The molecule has 2 aromatic rings. The smallest absolute Gasteiger partial charge is 0.257 e. The lowest BCUT2D eigenvalue weighted by atomic mass is 9.96. The number of amides is 2. The number of nitrogens with zero attached hydrogens (tertiary/aromatic N) is 3. The second-order valence-electron chi connectivity index (χ2n) is 6.20. The van der Waals surface area contributed by atoms with Gasteiger partial charge >= 0.3 is 0 Å². The van der Waals surface area contributed by atoms with Crippen molar-refractivity contribution in [3.63, 3.8) is 0 Å². The molecule has 0 spiro atoms. The molecule has 3 rings (SSSR count). The molecule has 7 nitrogen and oxygen atoms in total. The lowest BCUT2D eigenvalue weighted by Crippen LogP contribution is -2.40. The zero-order valence-corrected chi connectivity index (χ0v) is 15.5. The molecule has 1 N–H and O–H groups in total. The number of thiophene rings is 1. The van der Waals surface area contributed by atoms with Crippen LogP contribution in [0.1, 0.15) is 37.5 Å². The number of carbonyl (C=O) groups excluding carboxylic acids is 2. The molecule has 1 aliphatic rings. The molecule has 134 valence electrons. The van der Waals surface area contributed by atoms with Gasteiger partial charge in [0, 0.05) is 37.2 Å². The van der Waals surface area contributed by atoms with Crippen molar-refractivity contribution in [3.05, 3.63) is 16.8 Å². The molecule has 2 aromatic heterocycles. The Balaban J connectivity index is 1.65. The maximum absolute atomic E-state index is 12.5. The normalized spacial score (nSPS) is 15.4. The number of nitrogens with one attached hydrogen (secondary N) is 1. The quantitative estimate of drug-likeness (QED) is 0.903. The SMILES string of the molecule is CCc1nnc(-c2cc(NC(=O)C3CCN(C(C)=O)CC3)c(C)s2)o1. The van der Waals surface area contributed by atoms with E-state index in [4.69, 9.17) is 4.42 Å². The van der Waals surface area contributed by atoms with E-state index in [1.54, 1.807) is 11.8 Å². The fourth-order valence-electron chi connectivity index (χ4n) is 2.90. The van der Waals surface area contributed by atoms with Gasteiger partial charge in [0.25, 0.3) is 5.89 Å². The number of hydrogen-bond acceptors (Lipinski definition) is 6. The Morgan fingerprint density at radius 1 is 1.36 bits per heavy atom. The van der Waals surface area contributed by atoms with E-state index < -0.39 is 0 Å². The van der Waals surface area contributed by atoms with Gasteiger partial charge in [0.05, 0.1) is 10.6 Å². The highest BCUT2D eigenvalue weighted by atomic mass is 32.1. The third-order valence-electron chi connectivity index (χ3n) is 4.47. The highest BCUT2D eigenvalue weighted by molar-refractivity contribution is 7.15. The van der Waals surface area contributed by atoms with Gasteiger partial charge in [-0.1, -0.05) is 6.92 Å². The van der Waals surface area contributed by atoms with Gasteiger partial charge in [0.1, 0.15) is 0 Å². The standard InChI is InChI=1S/C17H22N4O3S/c1-4-15-19-20-17(24-15)14-9-13(10(2)25-14)18-16(23)12-5-7-21(8-6-12)11(3)22/h9,12H,4-8H2,1-3H3,(H,18,23). The van der Waals surface area contributed by atoms with Crippen LogP contribution in [-0.2, 0) is 16.0 Å². The van der Waals surface area contributed by atoms with Crippen molar-refractivity contribution in [1.82, 2.24) is 15.1 Å². The fourth-order valence-corrected chi connectivity index (χ4v) is 3.80. The first-order chi connectivity index (χ1) is 12.0. The van der Waals surface area contributed by atoms with Gasteiger partial charge in [-0.05, 0) is 25.8 Å². The molecule has 0 unspecified atom stereocenters. The number of anilines is 1. The summed E-state index contributed by atoms with van der Waals surface area (Å²) < 4.78 is 5.58. The monoisotopic (exact) mass is 362 g/mol. The Morgan fingerprint density at radius 2 is 2.08 bits per heavy atom. The number of aryl methyl sites for hydroxylation is 2. The van der Waals surface area contributed by atoms with Crippen LogP contribution in [0.4, 0.5) is 5.69 Å². The number of aromatic nitrogens is 2. The minimum absolute atomic E-state index is 0.00966. The van der Waals surface area contributed by atoms with E-state index in [-0.39, 0.29) is 17.7 Å². The Labute approximate surface area is 150 Å². The van der Waals surface area contributed by atoms with Crippen LogP contribution in [0.5, 0.6) is 0 Å². The molecular weight excluding hydrogens is 340 g/mol. The summed E-state index contributed by atoms with van der Waals surface area (Å²) in [7, 11) is 0. The van der Waals surface area contributed by atoms with Gasteiger partial charge in [-0.25, -0.2) is 0 Å². The summed E-state index contributed by atoms with van der Waals surface area (Å²) in [4.78, 5) is 27.6. The van der Waals surface area contributed by atoms with E-state index in [1.165, 1.54) is 11.3 Å². The molecule has 1 saturated heterocycles. The van der Waals surface area contributed by atoms with Crippen molar-refractivity contribution in [1.29, 1.82) is 0 Å². The van der Waals surface area contributed by atoms with Crippen LogP contribution in [0, 0.1) is 12.8 Å². The van der Waals surface area contributed by atoms with Crippen molar-refractivity contribution >= 4 is 28.8 Å². The van der Waals surface area contributed by atoms with E-state index in [1.807, 2.05) is 19.9 Å². The molecule has 0 atom stereocenters. The third kappa shape index (κ3) is 3.89. The molecule has 0 aliphatic carbocycles. The van der Waals surface area contributed by atoms with Crippen molar-refractivity contribution in [2.45, 2.75) is 40.0 Å². The van der Waals surface area contributed by atoms with Gasteiger partial charge in [-0.15, -0.1) is 21.5 Å². The molecular formula is C17H22N4O3S. The second-order valence-corrected chi connectivity index (χ2v) is 7.46. The van der Waals surface area contributed by atoms with Crippen LogP contribution in [0.15, 0.2) is 10.5 Å². The molecule has 8 heteroatoms. The summed E-state index contributed by atoms with van der Waals surface area (Å²) in [6.07, 6.45) is 2.09. The van der Waals surface area contributed by atoms with Gasteiger partial charge in [-0.3, -0.25) is 9.59 Å². The second kappa shape index (κ2) is 7.35. The summed E-state index contributed by atoms with van der Waals surface area (Å²) in [6.45, 7) is 6.77. The van der Waals surface area contributed by atoms with Crippen LogP contribution in [-0.4, -0.2) is 40.0 Å². The zero-order valence-electron chi connectivity index (χ0n) is 14.7. The Morgan fingerprint density at radius 3 is 2.68 bits per heavy atom. The lowest BCUT2D eigenvalue weighted by Gasteiger charge is -2.30. The minimum Gasteiger partial charge on any atom is -0.420 e. The average Bonchev–Trinajstić information content (AvgIpc) is 3.22. The topological polar surface area (TPSA) is 88.3 Å². The summed E-state index contributed by atoms with van der Waals surface area (Å²) in [5.74, 6) is 1.11. The van der Waals surface area contributed by atoms with E-state index in [9.17, 15) is 9.59 Å². The lowest BCUT2D eigenvalue weighted by molar-refractivity contribution is -0.132. The number of rotatable bonds is 4. The molecule has 25 heavy (non-hydrogen) atoms. The maximum atomic E-state index is 12.5. The number of carbonyl (C=O) groups is 2. The van der Waals surface area contributed by atoms with Gasteiger partial charge in [0.15, 0.2) is 0 Å². The van der Waals surface area contributed by atoms with Crippen LogP contribution in [0.25, 0.3) is 10.8 Å². The Hall–Kier alpha value is -2.22. The molecule has 0 radical (unpaired) electrons. The van der Waals surface area contributed by atoms with Crippen LogP contribution in [0.3, 0.4) is 0 Å². The highest BCUT2D eigenvalue weighted by Crippen LogP contribution is 2.34. The first kappa shape index (κ1) is 17.6. The third-order valence-corrected chi connectivity index (χ3v) is 5.51. The Bertz CT molecular complexity index is 775. The van der Waals surface area contributed by atoms with Gasteiger partial charge in [-0.2, -0.15) is 0 Å². The fraction of sp³-hybridized carbons (Fsp3) is 0.529. The van der Waals surface area contributed by atoms with E-state index in [2.05, 4.69) is 15.5 Å². The predicted molar refractivity (Wildman–Crippen MR) is 95.3 cm³/mol. The van der Waals surface area contributed by atoms with Crippen LogP contribution in [0.2, 0.25) is 0 Å². The molecule has 0 aromatic carbocycles. The summed E-state index contributed by atoms with van der Waals surface area (Å²) >= 11 is 1.52. The molecule has 1 fully saturated rings. The molecule has 2 amide bonds. The summed E-state index contributed by atoms with van der Waals surface area (Å²) in [5.41, 5.74) is 0.787. The predicted octanol–water partition coefficient (Wildman–Crippen LogP) is 2.87. The molecule has 0 bridgehead atoms. The Kier molecular flexibility index (Phi) is 5.17. The van der Waals surface area contributed by atoms with Crippen molar-refractivity contribution in [2.75, 3.05) is 18.4 Å². The molecule has 3 heterocycles. The first-order valence-corrected chi connectivity index (χ1v) is 9.29. The van der Waals surface area contributed by atoms with Gasteiger partial charge in [0.2, 0.25) is 17.7 Å². The summed E-state index contributed by atoms with van der Waals surface area (Å²) in [6, 6.07) is 1.88. The maximum Gasteiger partial charge on any atom is 0.257 e. The van der Waals surface area contributed by atoms with Crippen LogP contribution >= 0.6 is 11.3 Å². The van der Waals surface area contributed by atoms with Gasteiger partial charge < -0.3 is 14.6 Å². The van der Waals surface area contributed by atoms with E-state index >= 15 is 0 Å². The van der Waals surface area contributed by atoms with E-state index in [0.717, 1.165) is 15.4 Å².